The Morgan fingerprint density at radius 3 is 2.43 bits per heavy atom. The minimum Gasteiger partial charge on any atom is -0.361 e. The van der Waals surface area contributed by atoms with Gasteiger partial charge in [-0.25, -0.2) is 0 Å². The lowest BCUT2D eigenvalue weighted by Gasteiger charge is -2.17. The lowest BCUT2D eigenvalue weighted by atomic mass is 10.0. The SMILES string of the molecule is CCN(CC)Cc1cc(C(=[N+]=[N-])c2ccccc2)ccn1. The van der Waals surface area contributed by atoms with Crippen LogP contribution in [0.2, 0.25) is 0 Å². The standard InChI is InChI=1S/C17H20N4/c1-3-21(4-2)13-16-12-15(10-11-19-16)17(20-18)14-8-6-5-7-9-14/h5-12H,3-4,13H2,1-2H3. The summed E-state index contributed by atoms with van der Waals surface area (Å²) in [6, 6.07) is 13.5. The zero-order chi connectivity index (χ0) is 15.1. The van der Waals surface area contributed by atoms with E-state index < -0.39 is 0 Å². The second-order valence-electron chi connectivity index (χ2n) is 4.81. The Morgan fingerprint density at radius 1 is 1.10 bits per heavy atom. The van der Waals surface area contributed by atoms with Crippen molar-refractivity contribution < 1.29 is 4.79 Å². The first kappa shape index (κ1) is 15.1. The first-order valence-corrected chi connectivity index (χ1v) is 7.23. The van der Waals surface area contributed by atoms with Gasteiger partial charge in [0.2, 0.25) is 0 Å². The minimum absolute atomic E-state index is 0.568. The van der Waals surface area contributed by atoms with Gasteiger partial charge in [-0.15, -0.1) is 0 Å². The molecule has 0 atom stereocenters. The van der Waals surface area contributed by atoms with Crippen molar-refractivity contribution in [2.75, 3.05) is 13.1 Å². The number of rotatable bonds is 6. The number of nitrogens with zero attached hydrogens (tertiary/aromatic N) is 4. The number of aromatic nitrogens is 1. The maximum Gasteiger partial charge on any atom is 0.329 e. The van der Waals surface area contributed by atoms with Gasteiger partial charge >= 0.3 is 5.71 Å². The summed E-state index contributed by atoms with van der Waals surface area (Å²) in [5.41, 5.74) is 12.7. The van der Waals surface area contributed by atoms with Gasteiger partial charge in [0, 0.05) is 12.7 Å². The molecule has 4 nitrogen and oxygen atoms in total. The van der Waals surface area contributed by atoms with Crippen molar-refractivity contribution in [3.05, 3.63) is 71.0 Å². The summed E-state index contributed by atoms with van der Waals surface area (Å²) in [4.78, 5) is 10.2. The van der Waals surface area contributed by atoms with Gasteiger partial charge in [-0.05, 0) is 37.4 Å². The topological polar surface area (TPSA) is 52.5 Å². The third-order valence-electron chi connectivity index (χ3n) is 3.52. The van der Waals surface area contributed by atoms with E-state index in [9.17, 15) is 5.53 Å². The fourth-order valence-corrected chi connectivity index (χ4v) is 2.27. The molecule has 0 aliphatic rings. The summed E-state index contributed by atoms with van der Waals surface area (Å²) in [5.74, 6) is 0. The molecular weight excluding hydrogens is 260 g/mol. The van der Waals surface area contributed by atoms with Gasteiger partial charge in [0.15, 0.2) is 0 Å². The molecule has 21 heavy (non-hydrogen) atoms. The maximum absolute atomic E-state index is 9.36. The first-order valence-electron chi connectivity index (χ1n) is 7.23. The summed E-state index contributed by atoms with van der Waals surface area (Å²) < 4.78 is 0. The van der Waals surface area contributed by atoms with E-state index in [-0.39, 0.29) is 0 Å². The third-order valence-corrected chi connectivity index (χ3v) is 3.52. The zero-order valence-corrected chi connectivity index (χ0v) is 12.5. The number of pyridine rings is 1. The Bertz CT molecular complexity index is 626. The van der Waals surface area contributed by atoms with Crippen LogP contribution in [0.1, 0.15) is 30.7 Å². The lowest BCUT2D eigenvalue weighted by Crippen LogP contribution is -2.23. The second kappa shape index (κ2) is 7.48. The van der Waals surface area contributed by atoms with Crippen LogP contribution in [0.15, 0.2) is 48.7 Å². The monoisotopic (exact) mass is 280 g/mol. The number of hydrogen-bond donors (Lipinski definition) is 0. The summed E-state index contributed by atoms with van der Waals surface area (Å²) in [7, 11) is 0. The molecule has 2 aromatic rings. The minimum atomic E-state index is 0.568. The largest absolute Gasteiger partial charge is 0.361 e. The molecule has 1 heterocycles. The van der Waals surface area contributed by atoms with Gasteiger partial charge in [0.05, 0.1) is 16.8 Å². The highest BCUT2D eigenvalue weighted by Gasteiger charge is 2.16. The van der Waals surface area contributed by atoms with Crippen LogP contribution >= 0.6 is 0 Å². The molecule has 0 aliphatic heterocycles. The van der Waals surface area contributed by atoms with Crippen molar-refractivity contribution in [1.29, 1.82) is 0 Å². The van der Waals surface area contributed by atoms with Crippen LogP contribution in [0, 0.1) is 0 Å². The summed E-state index contributed by atoms with van der Waals surface area (Å²) >= 11 is 0. The lowest BCUT2D eigenvalue weighted by molar-refractivity contribution is -0.00280. The van der Waals surface area contributed by atoms with E-state index in [2.05, 4.69) is 28.5 Å². The van der Waals surface area contributed by atoms with E-state index in [4.69, 9.17) is 0 Å². The normalized spacial score (nSPS) is 10.4. The molecule has 0 aliphatic carbocycles. The molecule has 0 saturated carbocycles. The van der Waals surface area contributed by atoms with Gasteiger partial charge in [-0.2, -0.15) is 4.79 Å². The van der Waals surface area contributed by atoms with Crippen molar-refractivity contribution >= 4 is 5.71 Å². The van der Waals surface area contributed by atoms with Gasteiger partial charge in [-0.1, -0.05) is 32.0 Å². The molecule has 0 N–H and O–H groups in total. The predicted octanol–water partition coefficient (Wildman–Crippen LogP) is 2.99. The molecule has 2 rings (SSSR count). The summed E-state index contributed by atoms with van der Waals surface area (Å²) in [6.07, 6.45) is 1.77. The van der Waals surface area contributed by atoms with Crippen molar-refractivity contribution in [3.8, 4) is 0 Å². The van der Waals surface area contributed by atoms with Crippen molar-refractivity contribution in [2.24, 2.45) is 0 Å². The van der Waals surface area contributed by atoms with E-state index in [0.717, 1.165) is 36.5 Å². The van der Waals surface area contributed by atoms with Crippen LogP contribution in [0.25, 0.3) is 5.53 Å². The van der Waals surface area contributed by atoms with Crippen LogP contribution in [0.5, 0.6) is 0 Å². The van der Waals surface area contributed by atoms with Crippen molar-refractivity contribution in [2.45, 2.75) is 20.4 Å². The van der Waals surface area contributed by atoms with Gasteiger partial charge in [0.25, 0.3) is 0 Å². The van der Waals surface area contributed by atoms with Crippen LogP contribution in [0.4, 0.5) is 0 Å². The molecule has 0 fully saturated rings. The molecule has 0 spiro atoms. The molecular formula is C17H20N4. The Hall–Kier alpha value is -2.29. The first-order chi connectivity index (χ1) is 10.3. The molecule has 4 heteroatoms. The average molecular weight is 280 g/mol. The molecule has 0 unspecified atom stereocenters. The molecule has 0 amide bonds. The molecule has 1 aromatic carbocycles. The molecule has 0 radical (unpaired) electrons. The average Bonchev–Trinajstić information content (AvgIpc) is 2.55. The fraction of sp³-hybridized carbons (Fsp3) is 0.294. The smallest absolute Gasteiger partial charge is 0.329 e. The Morgan fingerprint density at radius 2 is 1.81 bits per heavy atom. The summed E-state index contributed by atoms with van der Waals surface area (Å²) in [6.45, 7) is 7.05. The molecule has 0 saturated heterocycles. The molecule has 108 valence electrons. The fourth-order valence-electron chi connectivity index (χ4n) is 2.27. The zero-order valence-electron chi connectivity index (χ0n) is 12.5. The van der Waals surface area contributed by atoms with E-state index in [1.54, 1.807) is 6.20 Å². The molecule has 1 aromatic heterocycles. The highest BCUT2D eigenvalue weighted by Crippen LogP contribution is 2.11. The predicted molar refractivity (Wildman–Crippen MR) is 84.1 cm³/mol. The Kier molecular flexibility index (Phi) is 5.38. The van der Waals surface area contributed by atoms with E-state index >= 15 is 0 Å². The van der Waals surface area contributed by atoms with Crippen LogP contribution < -0.4 is 0 Å². The Balaban J connectivity index is 2.30. The quantitative estimate of drug-likeness (QED) is 0.464. The van der Waals surface area contributed by atoms with Crippen molar-refractivity contribution in [1.82, 2.24) is 9.88 Å². The van der Waals surface area contributed by atoms with Crippen molar-refractivity contribution in [3.63, 3.8) is 0 Å². The second-order valence-corrected chi connectivity index (χ2v) is 4.81. The van der Waals surface area contributed by atoms with E-state index in [0.29, 0.717) is 5.71 Å². The van der Waals surface area contributed by atoms with Crippen LogP contribution in [-0.2, 0) is 6.54 Å². The number of hydrogen-bond acceptors (Lipinski definition) is 2. The summed E-state index contributed by atoms with van der Waals surface area (Å²) in [5, 5.41) is 0. The highest BCUT2D eigenvalue weighted by molar-refractivity contribution is 6.09. The maximum atomic E-state index is 9.36. The molecule has 0 bridgehead atoms. The third kappa shape index (κ3) is 3.85. The Labute approximate surface area is 125 Å². The van der Waals surface area contributed by atoms with Crippen LogP contribution in [-0.4, -0.2) is 33.5 Å². The highest BCUT2D eigenvalue weighted by atomic mass is 15.1. The van der Waals surface area contributed by atoms with E-state index in [1.807, 2.05) is 42.5 Å². The number of benzene rings is 1. The van der Waals surface area contributed by atoms with Crippen LogP contribution in [0.3, 0.4) is 0 Å². The van der Waals surface area contributed by atoms with Gasteiger partial charge < -0.3 is 5.53 Å². The van der Waals surface area contributed by atoms with Gasteiger partial charge in [-0.3, -0.25) is 9.88 Å². The van der Waals surface area contributed by atoms with Gasteiger partial charge in [0.1, 0.15) is 0 Å². The van der Waals surface area contributed by atoms with E-state index in [1.165, 1.54) is 0 Å².